The Kier molecular flexibility index (Phi) is 5.77. The van der Waals surface area contributed by atoms with Gasteiger partial charge in [0.25, 0.3) is 0 Å². The van der Waals surface area contributed by atoms with E-state index in [-0.39, 0.29) is 6.61 Å². The highest BCUT2D eigenvalue weighted by molar-refractivity contribution is 8.07. The van der Waals surface area contributed by atoms with E-state index in [9.17, 15) is 4.57 Å². The Morgan fingerprint density at radius 1 is 1.38 bits per heavy atom. The van der Waals surface area contributed by atoms with E-state index in [0.29, 0.717) is 0 Å². The zero-order valence-corrected chi connectivity index (χ0v) is 9.55. The maximum Gasteiger partial charge on any atom is 0.499 e. The van der Waals surface area contributed by atoms with Crippen LogP contribution >= 0.6 is 14.5 Å². The molecule has 13 heavy (non-hydrogen) atoms. The predicted molar refractivity (Wildman–Crippen MR) is 47.1 cm³/mol. The molecule has 7 nitrogen and oxygen atoms in total. The summed E-state index contributed by atoms with van der Waals surface area (Å²) in [5.41, 5.74) is 0. The molecule has 0 aliphatic rings. The molecule has 10 heteroatoms. The molecule has 0 amide bonds. The first kappa shape index (κ1) is 13.6. The van der Waals surface area contributed by atoms with Crippen molar-refractivity contribution in [2.24, 2.45) is 0 Å². The highest BCUT2D eigenvalue weighted by atomic mass is 32.5. The summed E-state index contributed by atoms with van der Waals surface area (Å²) in [4.78, 5) is 17.7. The van der Waals surface area contributed by atoms with E-state index < -0.39 is 14.5 Å². The van der Waals surface area contributed by atoms with Crippen LogP contribution in [0.1, 0.15) is 6.92 Å². The molecule has 0 aromatic rings. The van der Waals surface area contributed by atoms with Crippen LogP contribution in [0, 0.1) is 0 Å². The van der Waals surface area contributed by atoms with Crippen molar-refractivity contribution >= 4 is 26.3 Å². The summed E-state index contributed by atoms with van der Waals surface area (Å²) in [6, 6.07) is 0. The average Bonchev–Trinajstić information content (AvgIpc) is 2.02. The monoisotopic (exact) mass is 252 g/mol. The molecule has 0 radical (unpaired) electrons. The van der Waals surface area contributed by atoms with Crippen LogP contribution in [-0.2, 0) is 34.8 Å². The molecular weight excluding hydrogens is 242 g/mol. The minimum atomic E-state index is -4.30. The first-order valence-electron chi connectivity index (χ1n) is 3.07. The smallest absolute Gasteiger partial charge is 0.323 e. The number of phosphoric acid groups is 1. The Hall–Kier alpha value is 0.640. The van der Waals surface area contributed by atoms with Crippen LogP contribution in [0.2, 0.25) is 0 Å². The molecule has 0 aliphatic carbocycles. The van der Waals surface area contributed by atoms with Gasteiger partial charge in [0.05, 0.1) is 6.61 Å². The standard InChI is InChI=1S/C3H10O7P2S/c1-3-8-11(4,5)9-10-12(6,13)7-2/h3H2,1-2H3,(H,4,5)(H,6,13). The van der Waals surface area contributed by atoms with Gasteiger partial charge in [-0.05, 0) is 18.7 Å². The zero-order chi connectivity index (χ0) is 10.5. The SMILES string of the molecule is CCOP(=O)(O)OOP(O)(=S)OC. The zero-order valence-electron chi connectivity index (χ0n) is 6.95. The molecule has 2 N–H and O–H groups in total. The predicted octanol–water partition coefficient (Wildman–Crippen LogP) is 0.935. The second kappa shape index (κ2) is 5.50. The normalized spacial score (nSPS) is 20.6. The quantitative estimate of drug-likeness (QED) is 0.409. The Bertz CT molecular complexity index is 242. The number of rotatable bonds is 6. The van der Waals surface area contributed by atoms with Crippen molar-refractivity contribution < 1.29 is 32.7 Å². The van der Waals surface area contributed by atoms with Crippen LogP contribution in [0.3, 0.4) is 0 Å². The topological polar surface area (TPSA) is 94.5 Å². The highest BCUT2D eigenvalue weighted by Crippen LogP contribution is 2.51. The van der Waals surface area contributed by atoms with Crippen LogP contribution in [0.15, 0.2) is 0 Å². The molecule has 0 saturated heterocycles. The molecule has 0 aromatic carbocycles. The second-order valence-corrected chi connectivity index (χ2v) is 5.87. The lowest BCUT2D eigenvalue weighted by Crippen LogP contribution is -1.96. The maximum absolute atomic E-state index is 10.8. The van der Waals surface area contributed by atoms with Gasteiger partial charge in [-0.15, -0.1) is 9.35 Å². The van der Waals surface area contributed by atoms with Crippen LogP contribution in [0.25, 0.3) is 0 Å². The van der Waals surface area contributed by atoms with Gasteiger partial charge in [0, 0.05) is 7.11 Å². The van der Waals surface area contributed by atoms with E-state index in [1.165, 1.54) is 6.92 Å². The lowest BCUT2D eigenvalue weighted by molar-refractivity contribution is -0.138. The summed E-state index contributed by atoms with van der Waals surface area (Å²) < 4.78 is 27.2. The molecule has 2 unspecified atom stereocenters. The largest absolute Gasteiger partial charge is 0.499 e. The van der Waals surface area contributed by atoms with Gasteiger partial charge in [-0.2, -0.15) is 0 Å². The number of phosphoric ester groups is 1. The van der Waals surface area contributed by atoms with E-state index in [4.69, 9.17) is 9.79 Å². The molecule has 0 saturated carbocycles. The van der Waals surface area contributed by atoms with E-state index in [1.807, 2.05) is 0 Å². The third kappa shape index (κ3) is 6.68. The first-order chi connectivity index (χ1) is 5.83. The molecule has 0 fully saturated rings. The molecule has 0 bridgehead atoms. The average molecular weight is 252 g/mol. The van der Waals surface area contributed by atoms with Crippen molar-refractivity contribution in [2.75, 3.05) is 13.7 Å². The molecule has 2 atom stereocenters. The maximum atomic E-state index is 10.8. The highest BCUT2D eigenvalue weighted by Gasteiger charge is 2.26. The number of hydrogen-bond donors (Lipinski definition) is 2. The number of hydrogen-bond acceptors (Lipinski definition) is 6. The van der Waals surface area contributed by atoms with Gasteiger partial charge >= 0.3 is 14.5 Å². The Labute approximate surface area is 80.4 Å². The van der Waals surface area contributed by atoms with Crippen LogP contribution < -0.4 is 0 Å². The fourth-order valence-electron chi connectivity index (χ4n) is 0.299. The summed E-state index contributed by atoms with van der Waals surface area (Å²) in [5, 5.41) is 0. The third-order valence-corrected chi connectivity index (χ3v) is 3.06. The van der Waals surface area contributed by atoms with Crippen LogP contribution in [-0.4, -0.2) is 23.5 Å². The summed E-state index contributed by atoms with van der Waals surface area (Å²) in [6.45, 7) is -2.15. The van der Waals surface area contributed by atoms with Crippen molar-refractivity contribution in [2.45, 2.75) is 6.92 Å². The summed E-state index contributed by atoms with van der Waals surface area (Å²) in [5.74, 6) is 0. The lowest BCUT2D eigenvalue weighted by Gasteiger charge is -2.13. The summed E-state index contributed by atoms with van der Waals surface area (Å²) in [7, 11) is -3.23. The fraction of sp³-hybridized carbons (Fsp3) is 1.00. The van der Waals surface area contributed by atoms with Crippen molar-refractivity contribution in [3.8, 4) is 0 Å². The molecule has 80 valence electrons. The van der Waals surface area contributed by atoms with E-state index in [2.05, 4.69) is 30.2 Å². The van der Waals surface area contributed by atoms with Gasteiger partial charge in [-0.3, -0.25) is 4.52 Å². The Morgan fingerprint density at radius 3 is 2.31 bits per heavy atom. The van der Waals surface area contributed by atoms with Gasteiger partial charge in [-0.1, -0.05) is 0 Å². The van der Waals surface area contributed by atoms with Crippen molar-refractivity contribution in [3.05, 3.63) is 0 Å². The van der Waals surface area contributed by atoms with Gasteiger partial charge < -0.3 is 14.3 Å². The van der Waals surface area contributed by atoms with Gasteiger partial charge in [-0.25, -0.2) is 4.57 Å². The minimum Gasteiger partial charge on any atom is -0.323 e. The van der Waals surface area contributed by atoms with E-state index in [0.717, 1.165) is 7.11 Å². The molecule has 0 spiro atoms. The lowest BCUT2D eigenvalue weighted by atomic mass is 10.9. The molecule has 0 rings (SSSR count). The Balaban J connectivity index is 4.02. The second-order valence-electron chi connectivity index (χ2n) is 1.69. The minimum absolute atomic E-state index is 0.0432. The van der Waals surface area contributed by atoms with E-state index >= 15 is 0 Å². The van der Waals surface area contributed by atoms with Crippen molar-refractivity contribution in [1.29, 1.82) is 0 Å². The Morgan fingerprint density at radius 2 is 1.92 bits per heavy atom. The summed E-state index contributed by atoms with van der Waals surface area (Å²) >= 11 is 4.31. The van der Waals surface area contributed by atoms with Crippen molar-refractivity contribution in [3.63, 3.8) is 0 Å². The van der Waals surface area contributed by atoms with Gasteiger partial charge in [0.15, 0.2) is 0 Å². The molecule has 0 aromatic heterocycles. The molecular formula is C3H10O7P2S. The third-order valence-electron chi connectivity index (χ3n) is 0.745. The summed E-state index contributed by atoms with van der Waals surface area (Å²) in [6.07, 6.45) is 0. The van der Waals surface area contributed by atoms with Crippen molar-refractivity contribution in [1.82, 2.24) is 0 Å². The van der Waals surface area contributed by atoms with E-state index in [1.54, 1.807) is 0 Å². The van der Waals surface area contributed by atoms with Crippen LogP contribution in [0.4, 0.5) is 0 Å². The molecule has 0 aliphatic heterocycles. The molecule has 0 heterocycles. The fourth-order valence-corrected chi connectivity index (χ4v) is 1.65. The first-order valence-corrected chi connectivity index (χ1v) is 7.15. The van der Waals surface area contributed by atoms with Crippen LogP contribution in [0.5, 0.6) is 0 Å². The van der Waals surface area contributed by atoms with Gasteiger partial charge in [0.1, 0.15) is 0 Å². The van der Waals surface area contributed by atoms with Gasteiger partial charge in [0.2, 0.25) is 0 Å².